The average Bonchev–Trinajstić information content (AvgIpc) is 1.81. The van der Waals surface area contributed by atoms with Crippen LogP contribution in [0.3, 0.4) is 0 Å². The number of hydrogen-bond donors (Lipinski definition) is 5. The van der Waals surface area contributed by atoms with Crippen molar-refractivity contribution in [2.24, 2.45) is 0 Å². The average molecular weight is 172 g/mol. The van der Waals surface area contributed by atoms with Crippen LogP contribution in [-0.4, -0.2) is 31.6 Å². The molecule has 0 aromatic carbocycles. The van der Waals surface area contributed by atoms with Crippen molar-refractivity contribution in [1.29, 1.82) is 0 Å². The summed E-state index contributed by atoms with van der Waals surface area (Å²) >= 11 is 0. The summed E-state index contributed by atoms with van der Waals surface area (Å²) in [6.07, 6.45) is -1.76. The maximum Gasteiger partial charge on any atom is 0.235 e. The molecule has 8 nitrogen and oxygen atoms in total. The van der Waals surface area contributed by atoms with Gasteiger partial charge in [-0.25, -0.2) is 0 Å². The Morgan fingerprint density at radius 2 is 1.58 bits per heavy atom. The molecule has 0 saturated heterocycles. The Morgan fingerprint density at radius 3 is 2.00 bits per heavy atom. The van der Waals surface area contributed by atoms with Crippen molar-refractivity contribution in [3.63, 3.8) is 0 Å². The topological polar surface area (TPSA) is 143 Å². The second kappa shape index (κ2) is 3.15. The predicted molar refractivity (Wildman–Crippen MR) is 40.5 cm³/mol. The van der Waals surface area contributed by atoms with Gasteiger partial charge >= 0.3 is 0 Å². The van der Waals surface area contributed by atoms with E-state index < -0.39 is 6.41 Å². The van der Waals surface area contributed by atoms with Crippen LogP contribution in [0.2, 0.25) is 0 Å². The van der Waals surface area contributed by atoms with Gasteiger partial charge in [0.2, 0.25) is 24.3 Å². The highest BCUT2D eigenvalue weighted by Gasteiger charge is 2.03. The first-order valence-corrected chi connectivity index (χ1v) is 2.97. The highest BCUT2D eigenvalue weighted by molar-refractivity contribution is 5.36. The molecule has 0 radical (unpaired) electrons. The predicted octanol–water partition coefficient (Wildman–Crippen LogP) is -2.28. The molecule has 0 bridgehead atoms. The van der Waals surface area contributed by atoms with Crippen molar-refractivity contribution in [1.82, 2.24) is 15.0 Å². The number of nitrogen functional groups attached to an aromatic ring is 2. The zero-order chi connectivity index (χ0) is 9.14. The minimum absolute atomic E-state index is 0.0880. The van der Waals surface area contributed by atoms with Crippen LogP contribution in [0, 0.1) is 0 Å². The quantitative estimate of drug-likeness (QED) is 0.314. The van der Waals surface area contributed by atoms with Crippen LogP contribution < -0.4 is 16.8 Å². The number of rotatable bonds is 2. The molecule has 0 fully saturated rings. The second-order valence-corrected chi connectivity index (χ2v) is 1.89. The van der Waals surface area contributed by atoms with Gasteiger partial charge in [-0.15, -0.1) is 0 Å². The summed E-state index contributed by atoms with van der Waals surface area (Å²) in [5, 5.41) is 19.0. The molecular weight excluding hydrogens is 164 g/mol. The third-order valence-electron chi connectivity index (χ3n) is 0.928. The van der Waals surface area contributed by atoms with Gasteiger partial charge in [0.1, 0.15) is 0 Å². The van der Waals surface area contributed by atoms with Crippen molar-refractivity contribution in [2.45, 2.75) is 6.41 Å². The van der Waals surface area contributed by atoms with Gasteiger partial charge in [0.25, 0.3) is 0 Å². The molecule has 0 aliphatic carbocycles. The molecule has 0 saturated carbocycles. The number of aromatic nitrogens is 3. The summed E-state index contributed by atoms with van der Waals surface area (Å²) in [7, 11) is 0. The van der Waals surface area contributed by atoms with Gasteiger partial charge in [0, 0.05) is 0 Å². The Hall–Kier alpha value is -1.67. The van der Waals surface area contributed by atoms with Crippen molar-refractivity contribution < 1.29 is 10.2 Å². The van der Waals surface area contributed by atoms with Crippen LogP contribution in [0.25, 0.3) is 0 Å². The summed E-state index contributed by atoms with van der Waals surface area (Å²) in [6, 6.07) is 0. The lowest BCUT2D eigenvalue weighted by Crippen LogP contribution is -2.20. The Labute approximate surface area is 67.3 Å². The number of aliphatic hydroxyl groups excluding tert-OH is 1. The van der Waals surface area contributed by atoms with Crippen LogP contribution >= 0.6 is 0 Å². The molecule has 0 aliphatic heterocycles. The Kier molecular flexibility index (Phi) is 2.21. The highest BCUT2D eigenvalue weighted by Crippen LogP contribution is 2.03. The van der Waals surface area contributed by atoms with E-state index in [0.717, 1.165) is 0 Å². The van der Waals surface area contributed by atoms with Gasteiger partial charge in [-0.1, -0.05) is 0 Å². The van der Waals surface area contributed by atoms with E-state index >= 15 is 0 Å². The molecule has 7 N–H and O–H groups in total. The number of hydrogen-bond acceptors (Lipinski definition) is 8. The first-order chi connectivity index (χ1) is 5.58. The summed E-state index contributed by atoms with van der Waals surface area (Å²) in [5.74, 6) is -0.272. The van der Waals surface area contributed by atoms with E-state index in [0.29, 0.717) is 0 Å². The zero-order valence-corrected chi connectivity index (χ0v) is 5.97. The summed E-state index contributed by atoms with van der Waals surface area (Å²) in [6.45, 7) is 0. The van der Waals surface area contributed by atoms with Crippen LogP contribution in [0.4, 0.5) is 17.8 Å². The normalized spacial score (nSPS) is 10.2. The van der Waals surface area contributed by atoms with Crippen molar-refractivity contribution in [2.75, 3.05) is 16.8 Å². The first-order valence-electron chi connectivity index (χ1n) is 2.97. The highest BCUT2D eigenvalue weighted by atomic mass is 16.5. The van der Waals surface area contributed by atoms with Gasteiger partial charge < -0.3 is 27.0 Å². The Balaban J connectivity index is 2.85. The van der Waals surface area contributed by atoms with Crippen molar-refractivity contribution >= 4 is 17.8 Å². The standard InChI is InChI=1S/C4H8N6O2/c5-1-7-2(6)9-3(8-1)10-4(11)12/h4,11-12H,(H5,5,6,7,8,9,10). The van der Waals surface area contributed by atoms with Gasteiger partial charge in [-0.3, -0.25) is 0 Å². The van der Waals surface area contributed by atoms with Crippen LogP contribution in [-0.2, 0) is 0 Å². The van der Waals surface area contributed by atoms with Gasteiger partial charge in [0.15, 0.2) is 0 Å². The molecule has 1 aromatic rings. The first kappa shape index (κ1) is 8.43. The number of nitrogens with two attached hydrogens (primary N) is 2. The third-order valence-corrected chi connectivity index (χ3v) is 0.928. The Morgan fingerprint density at radius 1 is 1.08 bits per heavy atom. The smallest absolute Gasteiger partial charge is 0.235 e. The maximum absolute atomic E-state index is 8.45. The van der Waals surface area contributed by atoms with Crippen molar-refractivity contribution in [3.8, 4) is 0 Å². The number of nitrogens with one attached hydrogen (secondary N) is 1. The van der Waals surface area contributed by atoms with E-state index in [1.165, 1.54) is 0 Å². The number of nitrogens with zero attached hydrogens (tertiary/aromatic N) is 3. The molecule has 12 heavy (non-hydrogen) atoms. The lowest BCUT2D eigenvalue weighted by Gasteiger charge is -2.05. The molecule has 1 aromatic heterocycles. The third kappa shape index (κ3) is 2.18. The molecule has 8 heteroatoms. The maximum atomic E-state index is 8.45. The van der Waals surface area contributed by atoms with Crippen molar-refractivity contribution in [3.05, 3.63) is 0 Å². The molecule has 0 aliphatic rings. The second-order valence-electron chi connectivity index (χ2n) is 1.89. The molecule has 0 amide bonds. The van der Waals surface area contributed by atoms with E-state index in [9.17, 15) is 0 Å². The largest absolute Gasteiger partial charge is 0.368 e. The number of aliphatic hydroxyl groups is 2. The minimum atomic E-state index is -1.76. The fourth-order valence-corrected chi connectivity index (χ4v) is 0.589. The van der Waals surface area contributed by atoms with Gasteiger partial charge in [-0.2, -0.15) is 15.0 Å². The molecular formula is C4H8N6O2. The molecule has 66 valence electrons. The van der Waals surface area contributed by atoms with Crippen LogP contribution in [0.1, 0.15) is 0 Å². The lowest BCUT2D eigenvalue weighted by atomic mass is 10.8. The van der Waals surface area contributed by atoms with E-state index in [-0.39, 0.29) is 17.8 Å². The summed E-state index contributed by atoms with van der Waals surface area (Å²) < 4.78 is 0. The molecule has 1 heterocycles. The summed E-state index contributed by atoms with van der Waals surface area (Å²) in [4.78, 5) is 10.5. The van der Waals surface area contributed by atoms with E-state index in [4.69, 9.17) is 21.7 Å². The zero-order valence-electron chi connectivity index (χ0n) is 5.97. The summed E-state index contributed by atoms with van der Waals surface area (Å²) in [5.41, 5.74) is 10.4. The number of anilines is 3. The van der Waals surface area contributed by atoms with Crippen LogP contribution in [0.5, 0.6) is 0 Å². The van der Waals surface area contributed by atoms with E-state index in [1.54, 1.807) is 0 Å². The lowest BCUT2D eigenvalue weighted by molar-refractivity contribution is -0.0153. The fourth-order valence-electron chi connectivity index (χ4n) is 0.589. The Bertz CT molecular complexity index is 256. The fraction of sp³-hybridized carbons (Fsp3) is 0.250. The van der Waals surface area contributed by atoms with Crippen LogP contribution in [0.15, 0.2) is 0 Å². The molecule has 1 rings (SSSR count). The molecule has 0 spiro atoms. The van der Waals surface area contributed by atoms with E-state index in [1.807, 2.05) is 0 Å². The van der Waals surface area contributed by atoms with E-state index in [2.05, 4.69) is 20.3 Å². The monoisotopic (exact) mass is 172 g/mol. The molecule has 0 atom stereocenters. The van der Waals surface area contributed by atoms with Gasteiger partial charge in [0.05, 0.1) is 0 Å². The minimum Gasteiger partial charge on any atom is -0.368 e. The van der Waals surface area contributed by atoms with Gasteiger partial charge in [-0.05, 0) is 0 Å². The SMILES string of the molecule is Nc1nc(N)nc(NC(O)O)n1. The molecule has 0 unspecified atom stereocenters.